The molecule has 0 radical (unpaired) electrons. The van der Waals surface area contributed by atoms with Crippen LogP contribution in [0.25, 0.3) is 0 Å². The summed E-state index contributed by atoms with van der Waals surface area (Å²) in [6.07, 6.45) is 5.99. The molecule has 2 aliphatic rings. The first-order valence-electron chi connectivity index (χ1n) is 12.7. The molecule has 4 rings (SSSR count). The summed E-state index contributed by atoms with van der Waals surface area (Å²) in [5, 5.41) is 2.95. The Morgan fingerprint density at radius 3 is 2.37 bits per heavy atom. The lowest BCUT2D eigenvalue weighted by molar-refractivity contribution is -0.152. The van der Waals surface area contributed by atoms with E-state index in [1.54, 1.807) is 12.1 Å². The number of anilines is 1. The number of carbonyl (C=O) groups excluding carboxylic acids is 3. The number of ether oxygens (including phenoxy) is 1. The van der Waals surface area contributed by atoms with Crippen LogP contribution in [-0.4, -0.2) is 23.8 Å². The molecule has 1 saturated carbocycles. The van der Waals surface area contributed by atoms with E-state index >= 15 is 0 Å². The fourth-order valence-electron chi connectivity index (χ4n) is 5.44. The third-order valence-corrected chi connectivity index (χ3v) is 7.63. The van der Waals surface area contributed by atoms with E-state index in [0.717, 1.165) is 30.5 Å². The SMILES string of the molecule is C[C@@H]1CC[C@@H](C(C)(C)c2ccc(NC(=O)c3ccccc3)cc2)[C@H](OC(=O)C2=CC(=O)CCC2)C1. The van der Waals surface area contributed by atoms with Gasteiger partial charge in [0.1, 0.15) is 6.10 Å². The van der Waals surface area contributed by atoms with Gasteiger partial charge < -0.3 is 10.1 Å². The molecule has 5 nitrogen and oxygen atoms in total. The van der Waals surface area contributed by atoms with Crippen molar-refractivity contribution in [2.45, 2.75) is 70.8 Å². The van der Waals surface area contributed by atoms with E-state index in [1.165, 1.54) is 6.08 Å². The number of amides is 1. The van der Waals surface area contributed by atoms with Gasteiger partial charge in [-0.2, -0.15) is 0 Å². The Morgan fingerprint density at radius 2 is 1.69 bits per heavy atom. The van der Waals surface area contributed by atoms with E-state index in [-0.39, 0.29) is 35.1 Å². The maximum atomic E-state index is 12.9. The van der Waals surface area contributed by atoms with Gasteiger partial charge in [0.15, 0.2) is 5.78 Å². The zero-order valence-electron chi connectivity index (χ0n) is 20.9. The number of nitrogens with one attached hydrogen (secondary N) is 1. The largest absolute Gasteiger partial charge is 0.459 e. The summed E-state index contributed by atoms with van der Waals surface area (Å²) in [4.78, 5) is 37.2. The minimum atomic E-state index is -0.336. The van der Waals surface area contributed by atoms with Crippen molar-refractivity contribution >= 4 is 23.3 Å². The van der Waals surface area contributed by atoms with Crippen molar-refractivity contribution < 1.29 is 19.1 Å². The van der Waals surface area contributed by atoms with Crippen molar-refractivity contribution in [2.75, 3.05) is 5.32 Å². The van der Waals surface area contributed by atoms with Crippen molar-refractivity contribution in [3.8, 4) is 0 Å². The van der Waals surface area contributed by atoms with Crippen LogP contribution in [0.5, 0.6) is 0 Å². The van der Waals surface area contributed by atoms with Gasteiger partial charge >= 0.3 is 5.97 Å². The zero-order chi connectivity index (χ0) is 25.0. The normalized spacial score (nSPS) is 22.8. The number of rotatable bonds is 6. The molecule has 1 amide bonds. The van der Waals surface area contributed by atoms with E-state index in [4.69, 9.17) is 4.74 Å². The Bertz CT molecular complexity index is 1100. The van der Waals surface area contributed by atoms with Crippen LogP contribution >= 0.6 is 0 Å². The second-order valence-corrected chi connectivity index (χ2v) is 10.6. The molecular weight excluding hydrogens is 438 g/mol. The maximum absolute atomic E-state index is 12.9. The van der Waals surface area contributed by atoms with Gasteiger partial charge in [-0.25, -0.2) is 4.79 Å². The Labute approximate surface area is 208 Å². The monoisotopic (exact) mass is 473 g/mol. The molecule has 0 aromatic heterocycles. The first-order valence-corrected chi connectivity index (χ1v) is 12.7. The lowest BCUT2D eigenvalue weighted by Crippen LogP contribution is -2.43. The quantitative estimate of drug-likeness (QED) is 0.504. The first-order chi connectivity index (χ1) is 16.7. The smallest absolute Gasteiger partial charge is 0.334 e. The van der Waals surface area contributed by atoms with Gasteiger partial charge in [-0.15, -0.1) is 0 Å². The Kier molecular flexibility index (Phi) is 7.54. The number of hydrogen-bond donors (Lipinski definition) is 1. The fraction of sp³-hybridized carbons (Fsp3) is 0.433. The van der Waals surface area contributed by atoms with Crippen LogP contribution in [0.2, 0.25) is 0 Å². The predicted octanol–water partition coefficient (Wildman–Crippen LogP) is 6.24. The Balaban J connectivity index is 1.48. The molecule has 3 atom stereocenters. The highest BCUT2D eigenvalue weighted by Gasteiger charge is 2.42. The maximum Gasteiger partial charge on any atom is 0.334 e. The molecule has 0 saturated heterocycles. The number of ketones is 1. The Morgan fingerprint density at radius 1 is 0.971 bits per heavy atom. The van der Waals surface area contributed by atoms with Crippen LogP contribution < -0.4 is 5.32 Å². The van der Waals surface area contributed by atoms with Gasteiger partial charge in [0, 0.05) is 29.2 Å². The van der Waals surface area contributed by atoms with Crippen LogP contribution in [0.4, 0.5) is 5.69 Å². The molecule has 1 N–H and O–H groups in total. The van der Waals surface area contributed by atoms with Crippen molar-refractivity contribution in [2.24, 2.45) is 11.8 Å². The van der Waals surface area contributed by atoms with Crippen LogP contribution in [-0.2, 0) is 19.7 Å². The number of esters is 1. The summed E-state index contributed by atoms with van der Waals surface area (Å²) in [5.41, 5.74) is 2.78. The lowest BCUT2D eigenvalue weighted by atomic mass is 9.64. The molecule has 5 heteroatoms. The second kappa shape index (κ2) is 10.6. The average molecular weight is 474 g/mol. The molecule has 1 fully saturated rings. The highest BCUT2D eigenvalue weighted by Crippen LogP contribution is 2.44. The molecule has 0 bridgehead atoms. The van der Waals surface area contributed by atoms with E-state index in [9.17, 15) is 14.4 Å². The Hall–Kier alpha value is -3.21. The molecule has 0 aliphatic heterocycles. The van der Waals surface area contributed by atoms with Gasteiger partial charge in [0.25, 0.3) is 5.91 Å². The van der Waals surface area contributed by atoms with Crippen LogP contribution in [0.15, 0.2) is 66.2 Å². The van der Waals surface area contributed by atoms with E-state index < -0.39 is 0 Å². The average Bonchev–Trinajstić information content (AvgIpc) is 2.85. The molecular formula is C30H35NO4. The number of hydrogen-bond acceptors (Lipinski definition) is 4. The third-order valence-electron chi connectivity index (χ3n) is 7.63. The molecule has 2 aromatic rings. The standard InChI is InChI=1S/C30H35NO4/c1-20-12-17-26(27(18-20)35-29(34)22-10-7-11-25(32)19-22)30(2,3)23-13-15-24(16-14-23)31-28(33)21-8-5-4-6-9-21/h4-6,8-9,13-16,19-20,26-27H,7,10-12,17-18H2,1-3H3,(H,31,33)/t20-,26-,27-/m1/s1. The van der Waals surface area contributed by atoms with Crippen LogP contribution in [0.1, 0.15) is 75.2 Å². The molecule has 0 spiro atoms. The third kappa shape index (κ3) is 5.90. The lowest BCUT2D eigenvalue weighted by Gasteiger charge is -2.44. The van der Waals surface area contributed by atoms with Crippen molar-refractivity contribution in [1.29, 1.82) is 0 Å². The fourth-order valence-corrected chi connectivity index (χ4v) is 5.44. The summed E-state index contributed by atoms with van der Waals surface area (Å²) < 4.78 is 6.08. The highest BCUT2D eigenvalue weighted by molar-refractivity contribution is 6.04. The van der Waals surface area contributed by atoms with Crippen LogP contribution in [0, 0.1) is 11.8 Å². The van der Waals surface area contributed by atoms with E-state index in [1.807, 2.05) is 30.3 Å². The molecule has 0 heterocycles. The molecule has 35 heavy (non-hydrogen) atoms. The number of benzene rings is 2. The topological polar surface area (TPSA) is 72.5 Å². The highest BCUT2D eigenvalue weighted by atomic mass is 16.5. The van der Waals surface area contributed by atoms with Gasteiger partial charge in [0.05, 0.1) is 0 Å². The molecule has 184 valence electrons. The predicted molar refractivity (Wildman–Crippen MR) is 137 cm³/mol. The van der Waals surface area contributed by atoms with Gasteiger partial charge in [-0.1, -0.05) is 57.5 Å². The molecule has 2 aromatic carbocycles. The summed E-state index contributed by atoms with van der Waals surface area (Å²) in [6.45, 7) is 6.61. The number of carbonyl (C=O) groups is 3. The minimum Gasteiger partial charge on any atom is -0.459 e. The summed E-state index contributed by atoms with van der Waals surface area (Å²) in [7, 11) is 0. The summed E-state index contributed by atoms with van der Waals surface area (Å²) in [5.74, 6) is 0.180. The van der Waals surface area contributed by atoms with Gasteiger partial charge in [-0.05, 0) is 72.9 Å². The molecule has 2 aliphatic carbocycles. The van der Waals surface area contributed by atoms with Gasteiger partial charge in [-0.3, -0.25) is 9.59 Å². The summed E-state index contributed by atoms with van der Waals surface area (Å²) >= 11 is 0. The summed E-state index contributed by atoms with van der Waals surface area (Å²) in [6, 6.07) is 17.1. The second-order valence-electron chi connectivity index (χ2n) is 10.6. The van der Waals surface area contributed by atoms with Gasteiger partial charge in [0.2, 0.25) is 0 Å². The first kappa shape index (κ1) is 24.9. The van der Waals surface area contributed by atoms with Crippen LogP contribution in [0.3, 0.4) is 0 Å². The molecule has 0 unspecified atom stereocenters. The number of allylic oxidation sites excluding steroid dienone is 1. The zero-order valence-corrected chi connectivity index (χ0v) is 20.9. The van der Waals surface area contributed by atoms with Crippen molar-refractivity contribution in [1.82, 2.24) is 0 Å². The van der Waals surface area contributed by atoms with E-state index in [0.29, 0.717) is 36.3 Å². The van der Waals surface area contributed by atoms with E-state index in [2.05, 4.69) is 38.2 Å². The van der Waals surface area contributed by atoms with Crippen molar-refractivity contribution in [3.05, 3.63) is 77.4 Å². The minimum absolute atomic E-state index is 0.0107. The van der Waals surface area contributed by atoms with Crippen molar-refractivity contribution in [3.63, 3.8) is 0 Å².